The molecule has 0 aliphatic carbocycles. The van der Waals surface area contributed by atoms with Crippen LogP contribution in [0.25, 0.3) is 0 Å². The average molecular weight is 588 g/mol. The van der Waals surface area contributed by atoms with Gasteiger partial charge in [-0.3, -0.25) is 9.59 Å². The number of amides is 2. The second kappa shape index (κ2) is 11.4. The Balaban J connectivity index is 1.61. The Bertz CT molecular complexity index is 1310. The maximum Gasteiger partial charge on any atom is 0.416 e. The third-order valence-electron chi connectivity index (χ3n) is 6.51. The summed E-state index contributed by atoms with van der Waals surface area (Å²) in [5, 5.41) is 5.80. The molecule has 13 heteroatoms. The van der Waals surface area contributed by atoms with Crippen molar-refractivity contribution >= 4 is 23.4 Å². The highest BCUT2D eigenvalue weighted by Gasteiger charge is 2.48. The Kier molecular flexibility index (Phi) is 8.38. The minimum absolute atomic E-state index is 0.0398. The summed E-state index contributed by atoms with van der Waals surface area (Å²) in [7, 11) is 0. The first-order chi connectivity index (χ1) is 18.8. The van der Waals surface area contributed by atoms with Gasteiger partial charge in [-0.05, 0) is 54.8 Å². The molecular formula is C27H24ClF6N3O3. The Morgan fingerprint density at radius 2 is 1.68 bits per heavy atom. The normalized spacial score (nSPS) is 19.7. The maximum absolute atomic E-state index is 13.6. The maximum atomic E-state index is 13.6. The molecule has 2 N–H and O–H groups in total. The van der Waals surface area contributed by atoms with Crippen molar-refractivity contribution in [2.24, 2.45) is 0 Å². The number of dihydropyridines is 1. The predicted molar refractivity (Wildman–Crippen MR) is 134 cm³/mol. The molecule has 0 saturated carbocycles. The summed E-state index contributed by atoms with van der Waals surface area (Å²) in [5.41, 5.74) is -3.73. The van der Waals surface area contributed by atoms with Crippen LogP contribution in [0.3, 0.4) is 0 Å². The monoisotopic (exact) mass is 587 g/mol. The summed E-state index contributed by atoms with van der Waals surface area (Å²) in [6.07, 6.45) is -7.27. The van der Waals surface area contributed by atoms with Crippen molar-refractivity contribution in [3.05, 3.63) is 88.1 Å². The van der Waals surface area contributed by atoms with E-state index in [0.29, 0.717) is 10.6 Å². The van der Waals surface area contributed by atoms with Crippen LogP contribution in [-0.2, 0) is 22.3 Å². The molecule has 4 rings (SSSR count). The Morgan fingerprint density at radius 1 is 1.00 bits per heavy atom. The van der Waals surface area contributed by atoms with E-state index in [1.54, 1.807) is 24.3 Å². The van der Waals surface area contributed by atoms with E-state index in [9.17, 15) is 35.9 Å². The number of piperidine rings is 1. The van der Waals surface area contributed by atoms with Crippen LogP contribution in [0, 0.1) is 0 Å². The molecule has 0 radical (unpaired) electrons. The molecule has 1 saturated heterocycles. The fourth-order valence-electron chi connectivity index (χ4n) is 4.52. The van der Waals surface area contributed by atoms with E-state index >= 15 is 0 Å². The molecular weight excluding hydrogens is 564 g/mol. The van der Waals surface area contributed by atoms with E-state index in [1.165, 1.54) is 0 Å². The van der Waals surface area contributed by atoms with E-state index in [1.807, 2.05) is 0 Å². The molecule has 2 amide bonds. The SMILES string of the molecule is O=C(C1=CNCC=C1C(F)(F)F)N1CCCC(Oc2ccc(C(F)(F)F)cc2)(C(=O)NCc2ccc(Cl)cc2)C1. The molecule has 2 aromatic rings. The van der Waals surface area contributed by atoms with Gasteiger partial charge in [-0.2, -0.15) is 26.3 Å². The minimum Gasteiger partial charge on any atom is -0.476 e. The summed E-state index contributed by atoms with van der Waals surface area (Å²) in [4.78, 5) is 27.9. The third kappa shape index (κ3) is 6.72. The molecule has 40 heavy (non-hydrogen) atoms. The molecule has 2 aromatic carbocycles. The molecule has 1 unspecified atom stereocenters. The van der Waals surface area contributed by atoms with Crippen LogP contribution < -0.4 is 15.4 Å². The first kappa shape index (κ1) is 29.3. The molecule has 214 valence electrons. The number of hydrogen-bond donors (Lipinski definition) is 2. The third-order valence-corrected chi connectivity index (χ3v) is 6.77. The summed E-state index contributed by atoms with van der Waals surface area (Å²) < 4.78 is 85.9. The van der Waals surface area contributed by atoms with Gasteiger partial charge in [0.1, 0.15) is 5.75 Å². The molecule has 1 fully saturated rings. The smallest absolute Gasteiger partial charge is 0.416 e. The number of rotatable bonds is 6. The average Bonchev–Trinajstić information content (AvgIpc) is 2.91. The van der Waals surface area contributed by atoms with Crippen molar-refractivity contribution < 1.29 is 40.7 Å². The fraction of sp³-hybridized carbons (Fsp3) is 0.333. The molecule has 0 aromatic heterocycles. The minimum atomic E-state index is -4.77. The molecule has 1 atom stereocenters. The predicted octanol–water partition coefficient (Wildman–Crippen LogP) is 5.39. The van der Waals surface area contributed by atoms with Crippen LogP contribution in [0.4, 0.5) is 26.3 Å². The number of likely N-dealkylation sites (tertiary alicyclic amines) is 1. The summed E-state index contributed by atoms with van der Waals surface area (Å²) in [6, 6.07) is 10.3. The van der Waals surface area contributed by atoms with Crippen molar-refractivity contribution in [2.75, 3.05) is 19.6 Å². The molecule has 0 spiro atoms. The number of carbonyl (C=O) groups excluding carboxylic acids is 2. The lowest BCUT2D eigenvalue weighted by atomic mass is 9.90. The summed E-state index contributed by atoms with van der Waals surface area (Å²) in [6.45, 7) is -0.455. The number of alkyl halides is 6. The second-order valence-corrected chi connectivity index (χ2v) is 9.78. The van der Waals surface area contributed by atoms with Crippen LogP contribution >= 0.6 is 11.6 Å². The zero-order valence-electron chi connectivity index (χ0n) is 20.8. The lowest BCUT2D eigenvalue weighted by molar-refractivity contribution is -0.147. The topological polar surface area (TPSA) is 70.7 Å². The van der Waals surface area contributed by atoms with E-state index in [-0.39, 0.29) is 38.2 Å². The molecule has 6 nitrogen and oxygen atoms in total. The quantitative estimate of drug-likeness (QED) is 0.445. The highest BCUT2D eigenvalue weighted by atomic mass is 35.5. The Hall–Kier alpha value is -3.67. The van der Waals surface area contributed by atoms with Crippen molar-refractivity contribution in [1.29, 1.82) is 0 Å². The van der Waals surface area contributed by atoms with Gasteiger partial charge in [-0.15, -0.1) is 0 Å². The van der Waals surface area contributed by atoms with Crippen molar-refractivity contribution in [1.82, 2.24) is 15.5 Å². The van der Waals surface area contributed by atoms with Gasteiger partial charge >= 0.3 is 12.4 Å². The lowest BCUT2D eigenvalue weighted by Crippen LogP contribution is -2.61. The van der Waals surface area contributed by atoms with Gasteiger partial charge in [-0.1, -0.05) is 29.8 Å². The standard InChI is InChI=1S/C27H24ClF6N3O3/c28-19-6-2-17(3-7-19)14-36-24(39)25(40-20-8-4-18(5-9-20)26(29,30)31)11-1-13-37(16-25)23(38)21-15-35-12-10-22(21)27(32,33)34/h2-10,15,35H,1,11-14,16H2,(H,36,39). The summed E-state index contributed by atoms with van der Waals surface area (Å²) in [5.74, 6) is -1.71. The van der Waals surface area contributed by atoms with Gasteiger partial charge in [-0.25, -0.2) is 0 Å². The van der Waals surface area contributed by atoms with Gasteiger partial charge in [0.2, 0.25) is 5.60 Å². The van der Waals surface area contributed by atoms with Crippen molar-refractivity contribution in [2.45, 2.75) is 37.3 Å². The highest BCUT2D eigenvalue weighted by molar-refractivity contribution is 6.30. The van der Waals surface area contributed by atoms with Gasteiger partial charge in [0.25, 0.3) is 11.8 Å². The zero-order chi connectivity index (χ0) is 29.1. The molecule has 2 heterocycles. The number of nitrogens with one attached hydrogen (secondary N) is 2. The van der Waals surface area contributed by atoms with Gasteiger partial charge in [0.15, 0.2) is 0 Å². The number of carbonyl (C=O) groups is 2. The van der Waals surface area contributed by atoms with Gasteiger partial charge in [0.05, 0.1) is 23.3 Å². The van der Waals surface area contributed by atoms with Crippen LogP contribution in [0.5, 0.6) is 5.75 Å². The van der Waals surface area contributed by atoms with Crippen molar-refractivity contribution in [3.63, 3.8) is 0 Å². The Labute approximate surface area is 230 Å². The first-order valence-electron chi connectivity index (χ1n) is 12.2. The number of nitrogens with zero attached hydrogens (tertiary/aromatic N) is 1. The number of hydrogen-bond acceptors (Lipinski definition) is 4. The van der Waals surface area contributed by atoms with Crippen LogP contribution in [0.1, 0.15) is 24.0 Å². The van der Waals surface area contributed by atoms with Crippen LogP contribution in [0.15, 0.2) is 72.0 Å². The Morgan fingerprint density at radius 3 is 2.30 bits per heavy atom. The van der Waals surface area contributed by atoms with Gasteiger partial charge < -0.3 is 20.3 Å². The van der Waals surface area contributed by atoms with Gasteiger partial charge in [0, 0.05) is 30.9 Å². The lowest BCUT2D eigenvalue weighted by Gasteiger charge is -2.42. The number of ether oxygens (including phenoxy) is 1. The van der Waals surface area contributed by atoms with E-state index in [2.05, 4.69) is 10.6 Å². The summed E-state index contributed by atoms with van der Waals surface area (Å²) >= 11 is 5.90. The second-order valence-electron chi connectivity index (χ2n) is 9.34. The molecule has 2 aliphatic rings. The fourth-order valence-corrected chi connectivity index (χ4v) is 4.64. The number of halogens is 7. The van der Waals surface area contributed by atoms with Crippen molar-refractivity contribution in [3.8, 4) is 5.75 Å². The zero-order valence-corrected chi connectivity index (χ0v) is 21.6. The van der Waals surface area contributed by atoms with E-state index in [4.69, 9.17) is 16.3 Å². The van der Waals surface area contributed by atoms with Crippen LogP contribution in [-0.4, -0.2) is 48.1 Å². The largest absolute Gasteiger partial charge is 0.476 e. The first-order valence-corrected chi connectivity index (χ1v) is 12.6. The van der Waals surface area contributed by atoms with E-state index < -0.39 is 53.0 Å². The van der Waals surface area contributed by atoms with Crippen LogP contribution in [0.2, 0.25) is 5.02 Å². The molecule has 0 bridgehead atoms. The number of benzene rings is 2. The van der Waals surface area contributed by atoms with E-state index in [0.717, 1.165) is 41.4 Å². The molecule has 2 aliphatic heterocycles. The highest BCUT2D eigenvalue weighted by Crippen LogP contribution is 2.36.